The summed E-state index contributed by atoms with van der Waals surface area (Å²) in [5, 5.41) is 0. The normalized spacial score (nSPS) is 23.7. The third-order valence-corrected chi connectivity index (χ3v) is 3.81. The van der Waals surface area contributed by atoms with Crippen molar-refractivity contribution in [2.45, 2.75) is 19.1 Å². The monoisotopic (exact) mass is 302 g/mol. The molecule has 0 saturated heterocycles. The van der Waals surface area contributed by atoms with Crippen LogP contribution in [0.4, 0.5) is 0 Å². The molecular weight excluding hydrogens is 288 g/mol. The molecule has 0 radical (unpaired) electrons. The number of ether oxygens (including phenoxy) is 3. The van der Waals surface area contributed by atoms with Crippen molar-refractivity contribution in [3.8, 4) is 0 Å². The Morgan fingerprint density at radius 3 is 2.68 bits per heavy atom. The zero-order chi connectivity index (χ0) is 15.9. The topological polar surface area (TPSA) is 78.9 Å². The summed E-state index contributed by atoms with van der Waals surface area (Å²) >= 11 is 0. The molecule has 0 aromatic rings. The van der Waals surface area contributed by atoms with Gasteiger partial charge in [-0.15, -0.1) is 0 Å². The van der Waals surface area contributed by atoms with E-state index < -0.39 is 12.3 Å². The fraction of sp³-hybridized carbons (Fsp3) is 0.312. The molecule has 114 valence electrons. The van der Waals surface area contributed by atoms with E-state index in [1.165, 1.54) is 20.3 Å². The Morgan fingerprint density at radius 1 is 1.23 bits per heavy atom. The standard InChI is InChI=1S/C16H14O6/c1-20-15(19)11-7-10-12(16(21-2)22-11)14(18)9-6-4-3-5-8(9)13(10)17/h3,5,7,16H,4,6H2,1-2H3. The van der Waals surface area contributed by atoms with Crippen LogP contribution in [0.1, 0.15) is 12.8 Å². The molecule has 0 bridgehead atoms. The summed E-state index contributed by atoms with van der Waals surface area (Å²) in [4.78, 5) is 36.9. The van der Waals surface area contributed by atoms with E-state index in [1.807, 2.05) is 6.08 Å². The molecule has 0 amide bonds. The Kier molecular flexibility index (Phi) is 3.54. The maximum Gasteiger partial charge on any atom is 0.373 e. The second-order valence-corrected chi connectivity index (χ2v) is 5.00. The minimum Gasteiger partial charge on any atom is -0.463 e. The van der Waals surface area contributed by atoms with Gasteiger partial charge in [0, 0.05) is 23.8 Å². The molecule has 1 unspecified atom stereocenters. The summed E-state index contributed by atoms with van der Waals surface area (Å²) in [5.74, 6) is -1.45. The molecule has 0 aromatic heterocycles. The molecule has 0 aromatic carbocycles. The summed E-state index contributed by atoms with van der Waals surface area (Å²) in [5.41, 5.74) is 1.14. The first-order valence-electron chi connectivity index (χ1n) is 6.81. The van der Waals surface area contributed by atoms with Crippen LogP contribution >= 0.6 is 0 Å². The van der Waals surface area contributed by atoms with Gasteiger partial charge in [-0.25, -0.2) is 4.79 Å². The van der Waals surface area contributed by atoms with Crippen molar-refractivity contribution in [1.82, 2.24) is 0 Å². The van der Waals surface area contributed by atoms with E-state index in [9.17, 15) is 14.4 Å². The van der Waals surface area contributed by atoms with Crippen LogP contribution in [-0.2, 0) is 28.6 Å². The third-order valence-electron chi connectivity index (χ3n) is 3.81. The summed E-state index contributed by atoms with van der Waals surface area (Å²) in [6.07, 6.45) is 4.90. The van der Waals surface area contributed by atoms with E-state index in [1.54, 1.807) is 6.08 Å². The lowest BCUT2D eigenvalue weighted by Crippen LogP contribution is -2.36. The number of Topliss-reactive ketones (excluding diaryl/α,β-unsaturated/α-hetero) is 2. The van der Waals surface area contributed by atoms with Crippen LogP contribution in [0.3, 0.4) is 0 Å². The third kappa shape index (κ3) is 2.03. The van der Waals surface area contributed by atoms with Crippen molar-refractivity contribution in [2.75, 3.05) is 14.2 Å². The van der Waals surface area contributed by atoms with E-state index in [0.717, 1.165) is 0 Å². The van der Waals surface area contributed by atoms with Gasteiger partial charge in [-0.3, -0.25) is 9.59 Å². The predicted molar refractivity (Wildman–Crippen MR) is 74.4 cm³/mol. The molecule has 1 heterocycles. The van der Waals surface area contributed by atoms with Gasteiger partial charge in [-0.05, 0) is 18.9 Å². The molecule has 3 aliphatic rings. The maximum atomic E-state index is 12.6. The molecule has 2 aliphatic carbocycles. The molecule has 1 aliphatic heterocycles. The van der Waals surface area contributed by atoms with Gasteiger partial charge < -0.3 is 14.2 Å². The lowest BCUT2D eigenvalue weighted by molar-refractivity contribution is -0.148. The highest BCUT2D eigenvalue weighted by Gasteiger charge is 2.41. The molecule has 0 saturated carbocycles. The Bertz CT molecular complexity index is 704. The molecule has 22 heavy (non-hydrogen) atoms. The first kappa shape index (κ1) is 14.5. The van der Waals surface area contributed by atoms with Gasteiger partial charge >= 0.3 is 5.97 Å². The fourth-order valence-corrected chi connectivity index (χ4v) is 2.76. The smallest absolute Gasteiger partial charge is 0.373 e. The van der Waals surface area contributed by atoms with Crippen molar-refractivity contribution in [3.05, 3.63) is 46.3 Å². The number of rotatable bonds is 2. The van der Waals surface area contributed by atoms with Crippen LogP contribution in [0.15, 0.2) is 46.3 Å². The summed E-state index contributed by atoms with van der Waals surface area (Å²) < 4.78 is 15.1. The SMILES string of the molecule is COC(=O)C1=CC2=C(C(=O)C3=C(C=CCC3)C2=O)C(OC)O1. The van der Waals surface area contributed by atoms with Crippen LogP contribution in [0.5, 0.6) is 0 Å². The number of hydrogen-bond donors (Lipinski definition) is 0. The molecule has 6 heteroatoms. The number of ketones is 2. The highest BCUT2D eigenvalue weighted by molar-refractivity contribution is 6.28. The maximum absolute atomic E-state index is 12.6. The first-order chi connectivity index (χ1) is 10.6. The Labute approximate surface area is 126 Å². The predicted octanol–water partition coefficient (Wildman–Crippen LogP) is 1.14. The van der Waals surface area contributed by atoms with Gasteiger partial charge in [0.1, 0.15) is 0 Å². The second kappa shape index (κ2) is 5.38. The van der Waals surface area contributed by atoms with Gasteiger partial charge in [0.05, 0.1) is 12.7 Å². The quantitative estimate of drug-likeness (QED) is 0.562. The fourth-order valence-electron chi connectivity index (χ4n) is 2.76. The van der Waals surface area contributed by atoms with Gasteiger partial charge in [0.15, 0.2) is 11.6 Å². The highest BCUT2D eigenvalue weighted by Crippen LogP contribution is 2.37. The average Bonchev–Trinajstić information content (AvgIpc) is 2.57. The Balaban J connectivity index is 2.13. The number of allylic oxidation sites excluding steroid dienone is 6. The van der Waals surface area contributed by atoms with E-state index in [4.69, 9.17) is 9.47 Å². The van der Waals surface area contributed by atoms with Crippen molar-refractivity contribution < 1.29 is 28.6 Å². The lowest BCUT2D eigenvalue weighted by Gasteiger charge is -2.30. The van der Waals surface area contributed by atoms with Crippen LogP contribution in [0.25, 0.3) is 0 Å². The molecule has 1 atom stereocenters. The molecule has 6 nitrogen and oxygen atoms in total. The zero-order valence-electron chi connectivity index (χ0n) is 12.2. The highest BCUT2D eigenvalue weighted by atomic mass is 16.7. The number of methoxy groups -OCH3 is 2. The lowest BCUT2D eigenvalue weighted by atomic mass is 9.79. The van der Waals surface area contributed by atoms with E-state index >= 15 is 0 Å². The van der Waals surface area contributed by atoms with Crippen molar-refractivity contribution >= 4 is 17.5 Å². The van der Waals surface area contributed by atoms with Crippen molar-refractivity contribution in [3.63, 3.8) is 0 Å². The zero-order valence-corrected chi connectivity index (χ0v) is 12.2. The van der Waals surface area contributed by atoms with Crippen LogP contribution < -0.4 is 0 Å². The van der Waals surface area contributed by atoms with Crippen LogP contribution in [-0.4, -0.2) is 38.0 Å². The van der Waals surface area contributed by atoms with E-state index in [-0.39, 0.29) is 28.5 Å². The van der Waals surface area contributed by atoms with E-state index in [2.05, 4.69) is 4.74 Å². The Hall–Kier alpha value is -2.47. The van der Waals surface area contributed by atoms with Gasteiger partial charge in [-0.2, -0.15) is 0 Å². The number of carbonyl (C=O) groups is 3. The molecule has 0 spiro atoms. The number of carbonyl (C=O) groups excluding carboxylic acids is 3. The van der Waals surface area contributed by atoms with Crippen LogP contribution in [0.2, 0.25) is 0 Å². The summed E-state index contributed by atoms with van der Waals surface area (Å²) in [6.45, 7) is 0. The van der Waals surface area contributed by atoms with Crippen LogP contribution in [0, 0.1) is 0 Å². The number of hydrogen-bond acceptors (Lipinski definition) is 6. The Morgan fingerprint density at radius 2 is 2.00 bits per heavy atom. The second-order valence-electron chi connectivity index (χ2n) is 5.00. The summed E-state index contributed by atoms with van der Waals surface area (Å²) in [7, 11) is 2.55. The minimum atomic E-state index is -1.09. The molecule has 3 rings (SSSR count). The molecular formula is C16H14O6. The average molecular weight is 302 g/mol. The van der Waals surface area contributed by atoms with Crippen molar-refractivity contribution in [1.29, 1.82) is 0 Å². The number of esters is 1. The minimum absolute atomic E-state index is 0.133. The van der Waals surface area contributed by atoms with Gasteiger partial charge in [0.25, 0.3) is 0 Å². The summed E-state index contributed by atoms with van der Waals surface area (Å²) in [6, 6.07) is 0. The molecule has 0 fully saturated rings. The first-order valence-corrected chi connectivity index (χ1v) is 6.81. The van der Waals surface area contributed by atoms with Gasteiger partial charge in [0.2, 0.25) is 12.0 Å². The van der Waals surface area contributed by atoms with Gasteiger partial charge in [-0.1, -0.05) is 12.2 Å². The molecule has 0 N–H and O–H groups in total. The largest absolute Gasteiger partial charge is 0.463 e. The van der Waals surface area contributed by atoms with Crippen molar-refractivity contribution in [2.24, 2.45) is 0 Å². The van der Waals surface area contributed by atoms with E-state index in [0.29, 0.717) is 24.0 Å².